The van der Waals surface area contributed by atoms with Gasteiger partial charge in [-0.05, 0) is 49.5 Å². The zero-order valence-corrected chi connectivity index (χ0v) is 20.6. The Labute approximate surface area is 214 Å². The monoisotopic (exact) mass is 492 g/mol. The molecule has 1 aliphatic heterocycles. The summed E-state index contributed by atoms with van der Waals surface area (Å²) in [7, 11) is 3.65. The number of hydrogen-bond donors (Lipinski definition) is 0. The summed E-state index contributed by atoms with van der Waals surface area (Å²) in [6, 6.07) is 15.3. The molecule has 0 amide bonds. The van der Waals surface area contributed by atoms with E-state index < -0.39 is 0 Å². The first kappa shape index (κ1) is 23.0. The number of rotatable bonds is 3. The Morgan fingerprint density at radius 3 is 2.51 bits per heavy atom. The molecule has 7 nitrogen and oxygen atoms in total. The maximum Gasteiger partial charge on any atom is 0.301 e. The van der Waals surface area contributed by atoms with Crippen LogP contribution in [0.1, 0.15) is 11.1 Å². The first-order valence-electron chi connectivity index (χ1n) is 12.1. The van der Waals surface area contributed by atoms with Crippen LogP contribution in [-0.2, 0) is 0 Å². The van der Waals surface area contributed by atoms with Gasteiger partial charge in [-0.1, -0.05) is 11.8 Å². The second kappa shape index (κ2) is 9.52. The zero-order chi connectivity index (χ0) is 25.4. The number of hydrogen-bond acceptors (Lipinski definition) is 6. The first-order chi connectivity index (χ1) is 18.1. The number of aromatic nitrogens is 4. The molecule has 0 radical (unpaired) electrons. The summed E-state index contributed by atoms with van der Waals surface area (Å²) in [4.78, 5) is 17.7. The summed E-state index contributed by atoms with van der Waals surface area (Å²) in [6.07, 6.45) is 5.17. The van der Waals surface area contributed by atoms with Gasteiger partial charge in [0.25, 0.3) is 0 Å². The van der Waals surface area contributed by atoms with E-state index in [1.165, 1.54) is 0 Å². The van der Waals surface area contributed by atoms with E-state index in [-0.39, 0.29) is 5.82 Å². The van der Waals surface area contributed by atoms with Crippen LogP contribution in [0.4, 0.5) is 10.1 Å². The fraction of sp³-hybridized carbons (Fsp3) is 0.207. The van der Waals surface area contributed by atoms with E-state index in [0.717, 1.165) is 53.7 Å². The van der Waals surface area contributed by atoms with Gasteiger partial charge in [-0.3, -0.25) is 14.5 Å². The summed E-state index contributed by atoms with van der Waals surface area (Å²) in [5.41, 5.74) is 5.14. The number of likely N-dealkylation sites (N-methyl/N-ethyl adjacent to an activating group) is 1. The number of pyridine rings is 2. The van der Waals surface area contributed by atoms with Crippen molar-refractivity contribution >= 4 is 27.6 Å². The van der Waals surface area contributed by atoms with Crippen LogP contribution in [0.2, 0.25) is 0 Å². The fourth-order valence-electron chi connectivity index (χ4n) is 4.71. The highest BCUT2D eigenvalue weighted by molar-refractivity contribution is 6.04. The summed E-state index contributed by atoms with van der Waals surface area (Å²) in [6.45, 7) is 3.41. The number of methoxy groups -OCH3 is 1. The molecular weight excluding hydrogens is 467 g/mol. The van der Waals surface area contributed by atoms with Crippen LogP contribution in [0, 0.1) is 17.7 Å². The molecule has 4 heterocycles. The molecule has 8 heteroatoms. The lowest BCUT2D eigenvalue weighted by atomic mass is 10.1. The molecular formula is C29H25FN6O. The van der Waals surface area contributed by atoms with E-state index in [4.69, 9.17) is 4.74 Å². The molecule has 2 aromatic carbocycles. The summed E-state index contributed by atoms with van der Waals surface area (Å²) in [5, 5.41) is 0.856. The van der Waals surface area contributed by atoms with E-state index >= 15 is 4.39 Å². The standard InChI is InChI=1S/C29H25FN6O/c1-34-12-14-35(15-13-34)27-10-8-22(17-24(27)30)36-28-23-16-20(5-6-21-4-3-11-31-18-21)7-9-25(23)32-19-26(28)33-29(36)37-2/h3-4,7-11,16-19H,12-15H2,1-2H3. The van der Waals surface area contributed by atoms with Crippen molar-refractivity contribution in [1.82, 2.24) is 24.4 Å². The van der Waals surface area contributed by atoms with Crippen molar-refractivity contribution in [2.75, 3.05) is 45.2 Å². The molecule has 0 aliphatic carbocycles. The SMILES string of the molecule is COc1nc2cnc3ccc(C#Cc4cccnc4)cc3c2n1-c1ccc(N2CCN(C)CC2)c(F)c1. The average molecular weight is 493 g/mol. The Bertz CT molecular complexity index is 1660. The van der Waals surface area contributed by atoms with Gasteiger partial charge in [0, 0.05) is 61.2 Å². The van der Waals surface area contributed by atoms with Crippen LogP contribution in [0.15, 0.2) is 67.1 Å². The highest BCUT2D eigenvalue weighted by Crippen LogP contribution is 2.33. The van der Waals surface area contributed by atoms with Gasteiger partial charge >= 0.3 is 6.01 Å². The number of halogens is 1. The predicted octanol–water partition coefficient (Wildman–Crippen LogP) is 4.27. The Morgan fingerprint density at radius 2 is 1.76 bits per heavy atom. The number of fused-ring (bicyclic) bond motifs is 3. The minimum absolute atomic E-state index is 0.271. The van der Waals surface area contributed by atoms with Crippen molar-refractivity contribution in [3.63, 3.8) is 0 Å². The highest BCUT2D eigenvalue weighted by Gasteiger charge is 2.21. The summed E-state index contributed by atoms with van der Waals surface area (Å²) in [5.74, 6) is 6.08. The molecule has 0 spiro atoms. The van der Waals surface area contributed by atoms with E-state index in [1.54, 1.807) is 31.8 Å². The van der Waals surface area contributed by atoms with E-state index in [1.807, 2.05) is 47.0 Å². The molecule has 0 saturated carbocycles. The Kier molecular flexibility index (Phi) is 5.91. The second-order valence-electron chi connectivity index (χ2n) is 9.08. The van der Waals surface area contributed by atoms with Gasteiger partial charge in [0.2, 0.25) is 0 Å². The van der Waals surface area contributed by atoms with Gasteiger partial charge in [-0.2, -0.15) is 4.98 Å². The highest BCUT2D eigenvalue weighted by atomic mass is 19.1. The topological polar surface area (TPSA) is 59.3 Å². The lowest BCUT2D eigenvalue weighted by molar-refractivity contribution is 0.311. The molecule has 6 rings (SSSR count). The lowest BCUT2D eigenvalue weighted by Crippen LogP contribution is -2.44. The number of benzene rings is 2. The molecule has 184 valence electrons. The maximum atomic E-state index is 15.4. The molecule has 3 aromatic heterocycles. The Hall–Kier alpha value is -4.48. The van der Waals surface area contributed by atoms with E-state index in [9.17, 15) is 0 Å². The zero-order valence-electron chi connectivity index (χ0n) is 20.6. The van der Waals surface area contributed by atoms with Crippen molar-refractivity contribution in [1.29, 1.82) is 0 Å². The second-order valence-corrected chi connectivity index (χ2v) is 9.08. The van der Waals surface area contributed by atoms with Gasteiger partial charge in [0.1, 0.15) is 11.3 Å². The normalized spacial score (nSPS) is 14.1. The third kappa shape index (κ3) is 4.34. The van der Waals surface area contributed by atoms with Crippen molar-refractivity contribution in [2.45, 2.75) is 0 Å². The first-order valence-corrected chi connectivity index (χ1v) is 12.1. The predicted molar refractivity (Wildman–Crippen MR) is 143 cm³/mol. The van der Waals surface area contributed by atoms with Crippen LogP contribution in [0.3, 0.4) is 0 Å². The molecule has 0 atom stereocenters. The average Bonchev–Trinajstić information content (AvgIpc) is 3.32. The van der Waals surface area contributed by atoms with Gasteiger partial charge in [-0.25, -0.2) is 4.39 Å². The van der Waals surface area contributed by atoms with Crippen molar-refractivity contribution in [3.05, 3.63) is 84.1 Å². The quantitative estimate of drug-likeness (QED) is 0.351. The number of anilines is 1. The van der Waals surface area contributed by atoms with E-state index in [2.05, 4.69) is 43.6 Å². The van der Waals surface area contributed by atoms with Crippen molar-refractivity contribution in [3.8, 4) is 23.5 Å². The third-order valence-corrected chi connectivity index (χ3v) is 6.68. The molecule has 0 bridgehead atoms. The summed E-state index contributed by atoms with van der Waals surface area (Å²) >= 11 is 0. The number of piperazine rings is 1. The van der Waals surface area contributed by atoms with Crippen LogP contribution < -0.4 is 9.64 Å². The molecule has 37 heavy (non-hydrogen) atoms. The van der Waals surface area contributed by atoms with Crippen LogP contribution in [0.5, 0.6) is 6.01 Å². The van der Waals surface area contributed by atoms with Crippen molar-refractivity contribution < 1.29 is 9.13 Å². The lowest BCUT2D eigenvalue weighted by Gasteiger charge is -2.34. The molecule has 1 saturated heterocycles. The van der Waals surface area contributed by atoms with Crippen LogP contribution in [0.25, 0.3) is 27.6 Å². The third-order valence-electron chi connectivity index (χ3n) is 6.68. The van der Waals surface area contributed by atoms with E-state index in [0.29, 0.717) is 22.9 Å². The fourth-order valence-corrected chi connectivity index (χ4v) is 4.71. The minimum atomic E-state index is -0.271. The number of ether oxygens (including phenoxy) is 1. The van der Waals surface area contributed by atoms with Gasteiger partial charge in [0.05, 0.1) is 35.7 Å². The van der Waals surface area contributed by atoms with Crippen molar-refractivity contribution in [2.24, 2.45) is 0 Å². The van der Waals surface area contributed by atoms with Gasteiger partial charge in [0.15, 0.2) is 0 Å². The minimum Gasteiger partial charge on any atom is -0.468 e. The number of nitrogens with zero attached hydrogens (tertiary/aromatic N) is 6. The smallest absolute Gasteiger partial charge is 0.301 e. The van der Waals surface area contributed by atoms with Gasteiger partial charge < -0.3 is 14.5 Å². The van der Waals surface area contributed by atoms with Gasteiger partial charge in [-0.15, -0.1) is 0 Å². The largest absolute Gasteiger partial charge is 0.468 e. The summed E-state index contributed by atoms with van der Waals surface area (Å²) < 4.78 is 22.9. The molecule has 5 aromatic rings. The Morgan fingerprint density at radius 1 is 0.919 bits per heavy atom. The Balaban J connectivity index is 1.47. The maximum absolute atomic E-state index is 15.4. The number of imidazole rings is 1. The molecule has 0 unspecified atom stereocenters. The molecule has 1 fully saturated rings. The molecule has 1 aliphatic rings. The molecule has 0 N–H and O–H groups in total. The van der Waals surface area contributed by atoms with Crippen LogP contribution in [-0.4, -0.2) is 64.8 Å². The van der Waals surface area contributed by atoms with Crippen LogP contribution >= 0.6 is 0 Å².